The molecule has 1 rings (SSSR count). The molecule has 92 valence electrons. The van der Waals surface area contributed by atoms with Crippen LogP contribution >= 0.6 is 0 Å². The van der Waals surface area contributed by atoms with Gasteiger partial charge in [0.05, 0.1) is 12.5 Å². The van der Waals surface area contributed by atoms with Gasteiger partial charge >= 0.3 is 5.97 Å². The van der Waals surface area contributed by atoms with E-state index in [1.807, 2.05) is 20.8 Å². The van der Waals surface area contributed by atoms with Crippen molar-refractivity contribution in [1.29, 1.82) is 0 Å². The maximum Gasteiger partial charge on any atom is 0.309 e. The van der Waals surface area contributed by atoms with Crippen LogP contribution < -0.4 is 0 Å². The molecule has 0 radical (unpaired) electrons. The molecule has 1 aliphatic carbocycles. The molecule has 3 heteroatoms. The zero-order valence-corrected chi connectivity index (χ0v) is 10.7. The van der Waals surface area contributed by atoms with E-state index < -0.39 is 0 Å². The topological polar surface area (TPSA) is 43.4 Å². The Labute approximate surface area is 97.5 Å². The van der Waals surface area contributed by atoms with Crippen molar-refractivity contribution in [3.63, 3.8) is 0 Å². The fourth-order valence-electron chi connectivity index (χ4n) is 2.36. The lowest BCUT2D eigenvalue weighted by molar-refractivity contribution is -0.152. The van der Waals surface area contributed by atoms with Gasteiger partial charge in [-0.25, -0.2) is 0 Å². The van der Waals surface area contributed by atoms with Gasteiger partial charge in [0.1, 0.15) is 5.78 Å². The first-order valence-corrected chi connectivity index (χ1v) is 6.09. The van der Waals surface area contributed by atoms with Crippen LogP contribution in [0.2, 0.25) is 0 Å². The number of esters is 1. The van der Waals surface area contributed by atoms with Crippen LogP contribution in [0.15, 0.2) is 0 Å². The van der Waals surface area contributed by atoms with E-state index in [2.05, 4.69) is 0 Å². The van der Waals surface area contributed by atoms with Gasteiger partial charge in [-0.15, -0.1) is 0 Å². The Hall–Kier alpha value is -0.860. The van der Waals surface area contributed by atoms with Gasteiger partial charge in [-0.3, -0.25) is 9.59 Å². The number of rotatable bonds is 3. The number of ketones is 1. The lowest BCUT2D eigenvalue weighted by atomic mass is 9.78. The van der Waals surface area contributed by atoms with Gasteiger partial charge in [0.25, 0.3) is 0 Å². The molecular formula is C13H22O3. The van der Waals surface area contributed by atoms with Crippen molar-refractivity contribution in [3.05, 3.63) is 0 Å². The standard InChI is InChI=1S/C13H22O3/c1-5-16-12(15)10-8-6-7-9(10)11(14)13(2,3)4/h9-10H,5-8H2,1-4H3/t9-,10+/m1/s1. The summed E-state index contributed by atoms with van der Waals surface area (Å²) >= 11 is 0. The minimum absolute atomic E-state index is 0.126. The highest BCUT2D eigenvalue weighted by Gasteiger charge is 2.42. The highest BCUT2D eigenvalue weighted by Crippen LogP contribution is 2.37. The van der Waals surface area contributed by atoms with Gasteiger partial charge in [0.2, 0.25) is 0 Å². The van der Waals surface area contributed by atoms with E-state index in [9.17, 15) is 9.59 Å². The Morgan fingerprint density at radius 1 is 1.19 bits per heavy atom. The van der Waals surface area contributed by atoms with E-state index in [1.165, 1.54) is 0 Å². The Morgan fingerprint density at radius 2 is 1.75 bits per heavy atom. The summed E-state index contributed by atoms with van der Waals surface area (Å²) in [6, 6.07) is 0. The molecule has 0 aromatic heterocycles. The maximum absolute atomic E-state index is 12.2. The molecule has 0 amide bonds. The number of carbonyl (C=O) groups excluding carboxylic acids is 2. The molecular weight excluding hydrogens is 204 g/mol. The van der Waals surface area contributed by atoms with Crippen LogP contribution in [0.5, 0.6) is 0 Å². The lowest BCUT2D eigenvalue weighted by Crippen LogP contribution is -2.34. The molecule has 0 N–H and O–H groups in total. The van der Waals surface area contributed by atoms with E-state index in [0.29, 0.717) is 6.61 Å². The first-order valence-electron chi connectivity index (χ1n) is 6.09. The van der Waals surface area contributed by atoms with Crippen LogP contribution in [-0.2, 0) is 14.3 Å². The third-order valence-electron chi connectivity index (χ3n) is 3.18. The Morgan fingerprint density at radius 3 is 2.25 bits per heavy atom. The van der Waals surface area contributed by atoms with Crippen molar-refractivity contribution >= 4 is 11.8 Å². The third kappa shape index (κ3) is 2.83. The highest BCUT2D eigenvalue weighted by molar-refractivity contribution is 5.90. The molecule has 0 heterocycles. The van der Waals surface area contributed by atoms with E-state index >= 15 is 0 Å². The van der Waals surface area contributed by atoms with E-state index in [1.54, 1.807) is 6.92 Å². The highest BCUT2D eigenvalue weighted by atomic mass is 16.5. The monoisotopic (exact) mass is 226 g/mol. The summed E-state index contributed by atoms with van der Waals surface area (Å²) in [5.74, 6) is -0.323. The van der Waals surface area contributed by atoms with Gasteiger partial charge in [-0.2, -0.15) is 0 Å². The van der Waals surface area contributed by atoms with E-state index in [4.69, 9.17) is 4.74 Å². The Balaban J connectivity index is 2.73. The summed E-state index contributed by atoms with van der Waals surface area (Å²) in [7, 11) is 0. The molecule has 0 unspecified atom stereocenters. The SMILES string of the molecule is CCOC(=O)[C@H]1CCC[C@H]1C(=O)C(C)(C)C. The number of hydrogen-bond donors (Lipinski definition) is 0. The predicted octanol–water partition coefficient (Wildman–Crippen LogP) is 2.58. The van der Waals surface area contributed by atoms with Crippen molar-refractivity contribution < 1.29 is 14.3 Å². The second-order valence-electron chi connectivity index (χ2n) is 5.51. The number of ether oxygens (including phenoxy) is 1. The predicted molar refractivity (Wildman–Crippen MR) is 61.9 cm³/mol. The molecule has 2 atom stereocenters. The fourth-order valence-corrected chi connectivity index (χ4v) is 2.36. The Bertz CT molecular complexity index is 275. The van der Waals surface area contributed by atoms with Crippen LogP contribution in [0.4, 0.5) is 0 Å². The number of hydrogen-bond acceptors (Lipinski definition) is 3. The van der Waals surface area contributed by atoms with Crippen molar-refractivity contribution in [1.82, 2.24) is 0 Å². The zero-order valence-electron chi connectivity index (χ0n) is 10.7. The molecule has 0 aromatic carbocycles. The van der Waals surface area contributed by atoms with Gasteiger partial charge < -0.3 is 4.74 Å². The third-order valence-corrected chi connectivity index (χ3v) is 3.18. The van der Waals surface area contributed by atoms with E-state index in [-0.39, 0.29) is 29.0 Å². The second-order valence-corrected chi connectivity index (χ2v) is 5.51. The maximum atomic E-state index is 12.2. The molecule has 0 saturated heterocycles. The van der Waals surface area contributed by atoms with Crippen molar-refractivity contribution in [3.8, 4) is 0 Å². The quantitative estimate of drug-likeness (QED) is 0.695. The summed E-state index contributed by atoms with van der Waals surface area (Å²) in [5, 5.41) is 0. The van der Waals surface area contributed by atoms with Crippen molar-refractivity contribution in [2.24, 2.45) is 17.3 Å². The normalized spacial score (nSPS) is 25.5. The molecule has 0 spiro atoms. The van der Waals surface area contributed by atoms with Gasteiger partial charge in [0.15, 0.2) is 0 Å². The first-order chi connectivity index (χ1) is 7.38. The largest absolute Gasteiger partial charge is 0.466 e. The summed E-state index contributed by atoms with van der Waals surface area (Å²) in [4.78, 5) is 23.9. The van der Waals surface area contributed by atoms with Gasteiger partial charge in [-0.1, -0.05) is 27.2 Å². The minimum Gasteiger partial charge on any atom is -0.466 e. The Kier molecular flexibility index (Phi) is 4.11. The molecule has 0 aliphatic heterocycles. The van der Waals surface area contributed by atoms with Crippen LogP contribution in [0.1, 0.15) is 47.0 Å². The number of Topliss-reactive ketones (excluding diaryl/α,β-unsaturated/α-hetero) is 1. The molecule has 1 aliphatic rings. The molecule has 3 nitrogen and oxygen atoms in total. The van der Waals surface area contributed by atoms with Crippen LogP contribution in [-0.4, -0.2) is 18.4 Å². The van der Waals surface area contributed by atoms with Crippen LogP contribution in [0.3, 0.4) is 0 Å². The van der Waals surface area contributed by atoms with Crippen LogP contribution in [0.25, 0.3) is 0 Å². The molecule has 16 heavy (non-hydrogen) atoms. The summed E-state index contributed by atoms with van der Waals surface area (Å²) in [6.07, 6.45) is 2.58. The molecule has 1 fully saturated rings. The summed E-state index contributed by atoms with van der Waals surface area (Å²) in [6.45, 7) is 7.93. The smallest absolute Gasteiger partial charge is 0.309 e. The van der Waals surface area contributed by atoms with Gasteiger partial charge in [-0.05, 0) is 19.8 Å². The van der Waals surface area contributed by atoms with Crippen LogP contribution in [0, 0.1) is 17.3 Å². The summed E-state index contributed by atoms with van der Waals surface area (Å²) in [5.41, 5.74) is -0.361. The first kappa shape index (κ1) is 13.2. The minimum atomic E-state index is -0.361. The van der Waals surface area contributed by atoms with E-state index in [0.717, 1.165) is 19.3 Å². The average Bonchev–Trinajstić information content (AvgIpc) is 2.63. The average molecular weight is 226 g/mol. The lowest BCUT2D eigenvalue weighted by Gasteiger charge is -2.24. The molecule has 0 bridgehead atoms. The second kappa shape index (κ2) is 4.98. The fraction of sp³-hybridized carbons (Fsp3) is 0.846. The molecule has 0 aromatic rings. The molecule has 1 saturated carbocycles. The zero-order chi connectivity index (χ0) is 12.3. The van der Waals surface area contributed by atoms with Crippen molar-refractivity contribution in [2.75, 3.05) is 6.61 Å². The van der Waals surface area contributed by atoms with Crippen molar-refractivity contribution in [2.45, 2.75) is 47.0 Å². The van der Waals surface area contributed by atoms with Gasteiger partial charge in [0, 0.05) is 11.3 Å². The summed E-state index contributed by atoms with van der Waals surface area (Å²) < 4.78 is 5.03. The number of carbonyl (C=O) groups is 2.